The van der Waals surface area contributed by atoms with E-state index < -0.39 is 0 Å². The Morgan fingerprint density at radius 2 is 2.33 bits per heavy atom. The molecule has 0 amide bonds. The van der Waals surface area contributed by atoms with Crippen molar-refractivity contribution in [1.29, 1.82) is 0 Å². The Bertz CT molecular complexity index is 192. The minimum atomic E-state index is 0.773. The van der Waals surface area contributed by atoms with Crippen molar-refractivity contribution < 1.29 is 0 Å². The largest absolute Gasteiger partial charge is 0.330 e. The Kier molecular flexibility index (Phi) is 0.323. The fraction of sp³-hybridized carbons (Fsp3) is 1.00. The molecule has 48 valence electrons. The first-order valence-electron chi connectivity index (χ1n) is 4.11. The zero-order valence-corrected chi connectivity index (χ0v) is 5.38. The molecular weight excluding hydrogens is 110 g/mol. The smallest absolute Gasteiger partial charge is 0.00120 e. The van der Waals surface area contributed by atoms with Crippen molar-refractivity contribution in [2.75, 3.05) is 6.54 Å². The van der Waals surface area contributed by atoms with Crippen molar-refractivity contribution >= 4 is 0 Å². The highest BCUT2D eigenvalue weighted by atomic mass is 15.0. The molecule has 0 aliphatic heterocycles. The van der Waals surface area contributed by atoms with Crippen LogP contribution in [0.1, 0.15) is 6.42 Å². The molecule has 0 aromatic rings. The fourth-order valence-electron chi connectivity index (χ4n) is 4.58. The van der Waals surface area contributed by atoms with Crippen LogP contribution in [0.3, 0.4) is 0 Å². The van der Waals surface area contributed by atoms with Gasteiger partial charge in [0.25, 0.3) is 0 Å². The summed E-state index contributed by atoms with van der Waals surface area (Å²) in [5.41, 5.74) is 6.52. The van der Waals surface area contributed by atoms with E-state index >= 15 is 0 Å². The predicted octanol–water partition coefficient (Wildman–Crippen LogP) is 0.457. The summed E-state index contributed by atoms with van der Waals surface area (Å²) >= 11 is 0. The van der Waals surface area contributed by atoms with Crippen LogP contribution in [-0.2, 0) is 0 Å². The van der Waals surface area contributed by atoms with Crippen LogP contribution in [0, 0.1) is 35.0 Å². The van der Waals surface area contributed by atoms with E-state index in [1.165, 1.54) is 11.8 Å². The first kappa shape index (κ1) is 3.97. The van der Waals surface area contributed by atoms with Gasteiger partial charge in [0.2, 0.25) is 0 Å². The van der Waals surface area contributed by atoms with Crippen molar-refractivity contribution in [3.05, 3.63) is 0 Å². The van der Waals surface area contributed by atoms with Crippen molar-refractivity contribution in [1.82, 2.24) is 0 Å². The molecule has 6 unspecified atom stereocenters. The van der Waals surface area contributed by atoms with Crippen molar-refractivity contribution in [2.45, 2.75) is 6.42 Å². The minimum Gasteiger partial charge on any atom is -0.330 e. The quantitative estimate of drug-likeness (QED) is 0.535. The van der Waals surface area contributed by atoms with Gasteiger partial charge in [-0.05, 0) is 48.0 Å². The van der Waals surface area contributed by atoms with Crippen molar-refractivity contribution in [3.63, 3.8) is 0 Å². The summed E-state index contributed by atoms with van der Waals surface area (Å²) in [6.45, 7) is 1.01. The first-order valence-corrected chi connectivity index (χ1v) is 4.11. The third kappa shape index (κ3) is 0.169. The summed E-state index contributed by atoms with van der Waals surface area (Å²) in [6.07, 6.45) is 1.57. The molecule has 0 spiro atoms. The van der Waals surface area contributed by atoms with Crippen LogP contribution >= 0.6 is 0 Å². The maximum Gasteiger partial charge on any atom is -0.00120 e. The van der Waals surface area contributed by atoms with E-state index in [1.54, 1.807) is 6.42 Å². The van der Waals surface area contributed by atoms with E-state index in [-0.39, 0.29) is 0 Å². The molecule has 0 aromatic heterocycles. The monoisotopic (exact) mass is 121 g/mol. The molecule has 0 saturated heterocycles. The van der Waals surface area contributed by atoms with Gasteiger partial charge in [-0.25, -0.2) is 0 Å². The van der Waals surface area contributed by atoms with E-state index in [4.69, 9.17) is 5.73 Å². The molecule has 0 radical (unpaired) electrons. The molecule has 0 aromatic carbocycles. The molecule has 1 heteroatoms. The van der Waals surface area contributed by atoms with Crippen LogP contribution in [0.5, 0.6) is 0 Å². The van der Waals surface area contributed by atoms with E-state index in [0.29, 0.717) is 0 Å². The fourth-order valence-corrected chi connectivity index (χ4v) is 4.58. The second-order valence-corrected chi connectivity index (χ2v) is 4.45. The van der Waals surface area contributed by atoms with Crippen molar-refractivity contribution in [3.8, 4) is 0 Å². The molecule has 1 nitrogen and oxygen atoms in total. The molecule has 5 rings (SSSR count). The normalized spacial score (nSPS) is 85.7. The average molecular weight is 121 g/mol. The van der Waals surface area contributed by atoms with Gasteiger partial charge in [0, 0.05) is 0 Å². The molecule has 2 bridgehead atoms. The minimum absolute atomic E-state index is 0.773. The number of nitrogens with two attached hydrogens (primary N) is 1. The van der Waals surface area contributed by atoms with Crippen LogP contribution in [-0.4, -0.2) is 6.54 Å². The predicted molar refractivity (Wildman–Crippen MR) is 33.6 cm³/mol. The van der Waals surface area contributed by atoms with Crippen molar-refractivity contribution in [2.24, 2.45) is 40.7 Å². The summed E-state index contributed by atoms with van der Waals surface area (Å²) in [5, 5.41) is 0. The lowest BCUT2D eigenvalue weighted by Gasteiger charge is -2.21. The zero-order valence-electron chi connectivity index (χ0n) is 5.38. The van der Waals surface area contributed by atoms with Crippen LogP contribution in [0.2, 0.25) is 0 Å². The Morgan fingerprint density at radius 1 is 1.44 bits per heavy atom. The van der Waals surface area contributed by atoms with Gasteiger partial charge in [0.15, 0.2) is 0 Å². The first-order chi connectivity index (χ1) is 4.41. The standard InChI is InChI=1S/C8H11N/c9-2-8-4-1-3-5(6(3)8)7(4)8/h3-7H,1-2,9H2. The van der Waals surface area contributed by atoms with Crippen LogP contribution in [0.4, 0.5) is 0 Å². The van der Waals surface area contributed by atoms with Gasteiger partial charge in [0.05, 0.1) is 0 Å². The highest BCUT2D eigenvalue weighted by molar-refractivity contribution is 5.42. The Hall–Kier alpha value is -0.0400. The highest BCUT2D eigenvalue weighted by Gasteiger charge is 2.95. The maximum absolute atomic E-state index is 5.74. The molecule has 5 aliphatic carbocycles. The Labute approximate surface area is 54.6 Å². The molecule has 6 atom stereocenters. The maximum atomic E-state index is 5.74. The van der Waals surface area contributed by atoms with Gasteiger partial charge >= 0.3 is 0 Å². The van der Waals surface area contributed by atoms with Crippen LogP contribution < -0.4 is 5.73 Å². The SMILES string of the molecule is NCC12C3CC4C(C41)C32. The molecule has 0 heterocycles. The van der Waals surface area contributed by atoms with E-state index in [2.05, 4.69) is 0 Å². The third-order valence-electron chi connectivity index (χ3n) is 4.78. The van der Waals surface area contributed by atoms with Gasteiger partial charge in [-0.15, -0.1) is 0 Å². The number of hydrogen-bond donors (Lipinski definition) is 1. The Morgan fingerprint density at radius 3 is 2.56 bits per heavy atom. The molecule has 2 N–H and O–H groups in total. The number of rotatable bonds is 1. The lowest BCUT2D eigenvalue weighted by Crippen LogP contribution is -2.28. The van der Waals surface area contributed by atoms with E-state index in [0.717, 1.165) is 29.7 Å². The van der Waals surface area contributed by atoms with E-state index in [1.807, 2.05) is 0 Å². The molecule has 9 heavy (non-hydrogen) atoms. The van der Waals surface area contributed by atoms with Gasteiger partial charge in [0.1, 0.15) is 0 Å². The zero-order chi connectivity index (χ0) is 5.80. The topological polar surface area (TPSA) is 26.0 Å². The second kappa shape index (κ2) is 0.731. The molecule has 5 aliphatic rings. The summed E-state index contributed by atoms with van der Waals surface area (Å²) in [5.74, 6) is 5.82. The summed E-state index contributed by atoms with van der Waals surface area (Å²) < 4.78 is 0. The van der Waals surface area contributed by atoms with Gasteiger partial charge in [-0.2, -0.15) is 0 Å². The third-order valence-corrected chi connectivity index (χ3v) is 4.78. The lowest BCUT2D eigenvalue weighted by molar-refractivity contribution is 0.274. The van der Waals surface area contributed by atoms with Crippen LogP contribution in [0.25, 0.3) is 0 Å². The number of hydrogen-bond acceptors (Lipinski definition) is 1. The Balaban J connectivity index is 1.95. The summed E-state index contributed by atoms with van der Waals surface area (Å²) in [4.78, 5) is 0. The second-order valence-electron chi connectivity index (χ2n) is 4.45. The lowest BCUT2D eigenvalue weighted by atomic mass is 9.85. The van der Waals surface area contributed by atoms with Gasteiger partial charge < -0.3 is 5.73 Å². The average Bonchev–Trinajstić information content (AvgIpc) is 2.47. The summed E-state index contributed by atoms with van der Waals surface area (Å²) in [6, 6.07) is 0. The van der Waals surface area contributed by atoms with E-state index in [9.17, 15) is 0 Å². The summed E-state index contributed by atoms with van der Waals surface area (Å²) in [7, 11) is 0. The molecule has 5 fully saturated rings. The van der Waals surface area contributed by atoms with Gasteiger partial charge in [-0.3, -0.25) is 0 Å². The van der Waals surface area contributed by atoms with Crippen LogP contribution in [0.15, 0.2) is 0 Å². The highest BCUT2D eigenvalue weighted by Crippen LogP contribution is 2.98. The molecule has 5 saturated carbocycles. The molecular formula is C8H11N. The van der Waals surface area contributed by atoms with Gasteiger partial charge in [-0.1, -0.05) is 0 Å².